The summed E-state index contributed by atoms with van der Waals surface area (Å²) in [4.78, 5) is 38.9. The van der Waals surface area contributed by atoms with Crippen LogP contribution in [-0.4, -0.2) is 30.1 Å². The molecule has 1 aromatic carbocycles. The molecule has 0 saturated heterocycles. The molecule has 2 unspecified atom stereocenters. The average Bonchev–Trinajstić information content (AvgIpc) is 3.07. The summed E-state index contributed by atoms with van der Waals surface area (Å²) in [5, 5.41) is 6.01. The first-order chi connectivity index (χ1) is 14.8. The Labute approximate surface area is 191 Å². The second-order valence-electron chi connectivity index (χ2n) is 7.76. The predicted octanol–water partition coefficient (Wildman–Crippen LogP) is 5.13. The third-order valence-corrected chi connectivity index (χ3v) is 7.76. The first kappa shape index (κ1) is 23.3. The Morgan fingerprint density at radius 3 is 2.74 bits per heavy atom. The molecule has 0 saturated carbocycles. The van der Waals surface area contributed by atoms with E-state index in [0.29, 0.717) is 28.6 Å². The van der Waals surface area contributed by atoms with E-state index in [9.17, 15) is 14.4 Å². The van der Waals surface area contributed by atoms with Gasteiger partial charge in [-0.05, 0) is 55.4 Å². The van der Waals surface area contributed by atoms with Gasteiger partial charge in [0, 0.05) is 22.4 Å². The zero-order chi connectivity index (χ0) is 22.5. The number of thiophene rings is 1. The molecular formula is C23H28N2O4S2. The van der Waals surface area contributed by atoms with E-state index in [4.69, 9.17) is 4.74 Å². The van der Waals surface area contributed by atoms with Crippen LogP contribution in [0.25, 0.3) is 0 Å². The summed E-state index contributed by atoms with van der Waals surface area (Å²) in [5.74, 6) is -0.117. The van der Waals surface area contributed by atoms with E-state index in [2.05, 4.69) is 17.6 Å². The Morgan fingerprint density at radius 2 is 2.06 bits per heavy atom. The number of rotatable bonds is 7. The SMILES string of the molecule is CCC(Sc1cccc(NC(C)=O)c1)C(=O)Nc1sc2c(c1C(=O)OC)CCC(C)C2. The number of hydrogen-bond acceptors (Lipinski definition) is 6. The number of carbonyl (C=O) groups is 3. The van der Waals surface area contributed by atoms with Crippen LogP contribution in [0.1, 0.15) is 54.4 Å². The van der Waals surface area contributed by atoms with Crippen molar-refractivity contribution in [3.05, 3.63) is 40.3 Å². The standard InChI is InChI=1S/C23H28N2O4S2/c1-5-18(30-16-8-6-7-15(12-16)24-14(3)26)21(27)25-22-20(23(28)29-4)17-10-9-13(2)11-19(17)31-22/h6-8,12-13,18H,5,9-11H2,1-4H3,(H,24,26)(H,25,27). The van der Waals surface area contributed by atoms with Gasteiger partial charge in [0.05, 0.1) is 17.9 Å². The van der Waals surface area contributed by atoms with Gasteiger partial charge in [0.15, 0.2) is 0 Å². The van der Waals surface area contributed by atoms with E-state index in [1.54, 1.807) is 0 Å². The second-order valence-corrected chi connectivity index (χ2v) is 10.1. The van der Waals surface area contributed by atoms with Crippen LogP contribution in [-0.2, 0) is 27.2 Å². The Balaban J connectivity index is 1.80. The van der Waals surface area contributed by atoms with Crippen molar-refractivity contribution in [2.75, 3.05) is 17.7 Å². The normalized spacial score (nSPS) is 16.2. The number of benzene rings is 1. The fourth-order valence-corrected chi connectivity index (χ4v) is 6.10. The molecule has 1 aliphatic rings. The molecule has 0 spiro atoms. The van der Waals surface area contributed by atoms with Gasteiger partial charge in [-0.1, -0.05) is 19.9 Å². The highest BCUT2D eigenvalue weighted by atomic mass is 32.2. The van der Waals surface area contributed by atoms with Crippen molar-refractivity contribution in [2.45, 2.75) is 56.6 Å². The topological polar surface area (TPSA) is 84.5 Å². The number of ether oxygens (including phenoxy) is 1. The summed E-state index contributed by atoms with van der Waals surface area (Å²) in [7, 11) is 1.37. The zero-order valence-corrected chi connectivity index (χ0v) is 19.9. The van der Waals surface area contributed by atoms with Crippen LogP contribution < -0.4 is 10.6 Å². The van der Waals surface area contributed by atoms with E-state index in [-0.39, 0.29) is 17.1 Å². The lowest BCUT2D eigenvalue weighted by Crippen LogP contribution is -2.25. The number of thioether (sulfide) groups is 1. The van der Waals surface area contributed by atoms with Gasteiger partial charge in [0.25, 0.3) is 0 Å². The summed E-state index contributed by atoms with van der Waals surface area (Å²) < 4.78 is 5.01. The van der Waals surface area contributed by atoms with E-state index in [0.717, 1.165) is 34.6 Å². The third-order valence-electron chi connectivity index (χ3n) is 5.23. The van der Waals surface area contributed by atoms with Crippen LogP contribution in [0.15, 0.2) is 29.2 Å². The molecule has 2 aromatic rings. The molecule has 2 N–H and O–H groups in total. The van der Waals surface area contributed by atoms with Crippen LogP contribution in [0.5, 0.6) is 0 Å². The molecule has 0 aliphatic heterocycles. The van der Waals surface area contributed by atoms with Crippen molar-refractivity contribution < 1.29 is 19.1 Å². The lowest BCUT2D eigenvalue weighted by Gasteiger charge is -2.18. The minimum absolute atomic E-state index is 0.141. The molecule has 1 aromatic heterocycles. The van der Waals surface area contributed by atoms with Gasteiger partial charge in [0.2, 0.25) is 11.8 Å². The van der Waals surface area contributed by atoms with Crippen molar-refractivity contribution in [1.29, 1.82) is 0 Å². The summed E-state index contributed by atoms with van der Waals surface area (Å²) in [6, 6.07) is 7.43. The van der Waals surface area contributed by atoms with Gasteiger partial charge < -0.3 is 15.4 Å². The van der Waals surface area contributed by atoms with Crippen molar-refractivity contribution in [2.24, 2.45) is 5.92 Å². The highest BCUT2D eigenvalue weighted by molar-refractivity contribution is 8.00. The van der Waals surface area contributed by atoms with Gasteiger partial charge in [0.1, 0.15) is 5.00 Å². The number of methoxy groups -OCH3 is 1. The van der Waals surface area contributed by atoms with Gasteiger partial charge in [-0.15, -0.1) is 23.1 Å². The maximum atomic E-state index is 13.1. The number of esters is 1. The maximum absolute atomic E-state index is 13.1. The average molecular weight is 461 g/mol. The second kappa shape index (κ2) is 10.3. The minimum atomic E-state index is -0.397. The molecule has 0 fully saturated rings. The van der Waals surface area contributed by atoms with Crippen LogP contribution in [0, 0.1) is 5.92 Å². The van der Waals surface area contributed by atoms with Gasteiger partial charge >= 0.3 is 5.97 Å². The molecule has 3 rings (SSSR count). The largest absolute Gasteiger partial charge is 0.465 e. The predicted molar refractivity (Wildman–Crippen MR) is 126 cm³/mol. The molecule has 0 bridgehead atoms. The van der Waals surface area contributed by atoms with E-state index >= 15 is 0 Å². The summed E-state index contributed by atoms with van der Waals surface area (Å²) in [5.41, 5.74) is 2.23. The molecule has 1 aliphatic carbocycles. The molecule has 1 heterocycles. The van der Waals surface area contributed by atoms with Gasteiger partial charge in [-0.3, -0.25) is 9.59 Å². The Kier molecular flexibility index (Phi) is 7.78. The smallest absolute Gasteiger partial charge is 0.341 e. The number of hydrogen-bond donors (Lipinski definition) is 2. The van der Waals surface area contributed by atoms with Gasteiger partial charge in [-0.2, -0.15) is 0 Å². The number of fused-ring (bicyclic) bond motifs is 1. The number of carbonyl (C=O) groups excluding carboxylic acids is 3. The highest BCUT2D eigenvalue weighted by Crippen LogP contribution is 2.40. The molecule has 166 valence electrons. The lowest BCUT2D eigenvalue weighted by atomic mass is 9.88. The molecule has 6 nitrogen and oxygen atoms in total. The zero-order valence-electron chi connectivity index (χ0n) is 18.2. The van der Waals surface area contributed by atoms with Crippen molar-refractivity contribution in [1.82, 2.24) is 0 Å². The monoisotopic (exact) mass is 460 g/mol. The molecule has 8 heteroatoms. The molecular weight excluding hydrogens is 432 g/mol. The minimum Gasteiger partial charge on any atom is -0.465 e. The van der Waals surface area contributed by atoms with Crippen LogP contribution in [0.3, 0.4) is 0 Å². The van der Waals surface area contributed by atoms with Gasteiger partial charge in [-0.25, -0.2) is 4.79 Å². The van der Waals surface area contributed by atoms with E-state index in [1.165, 1.54) is 37.1 Å². The van der Waals surface area contributed by atoms with Crippen LogP contribution in [0.4, 0.5) is 10.7 Å². The van der Waals surface area contributed by atoms with Crippen molar-refractivity contribution in [3.63, 3.8) is 0 Å². The number of anilines is 2. The fraction of sp³-hybridized carbons (Fsp3) is 0.435. The van der Waals surface area contributed by atoms with Crippen molar-refractivity contribution in [3.8, 4) is 0 Å². The highest BCUT2D eigenvalue weighted by Gasteiger charge is 2.30. The van der Waals surface area contributed by atoms with Crippen molar-refractivity contribution >= 4 is 51.6 Å². The first-order valence-electron chi connectivity index (χ1n) is 10.4. The quantitative estimate of drug-likeness (QED) is 0.442. The van der Waals surface area contributed by atoms with E-state index < -0.39 is 5.97 Å². The van der Waals surface area contributed by atoms with Crippen LogP contribution in [0.2, 0.25) is 0 Å². The van der Waals surface area contributed by atoms with E-state index in [1.807, 2.05) is 31.2 Å². The molecule has 2 amide bonds. The first-order valence-corrected chi connectivity index (χ1v) is 12.1. The Bertz CT molecular complexity index is 986. The van der Waals surface area contributed by atoms with Crippen LogP contribution >= 0.6 is 23.1 Å². The number of nitrogens with one attached hydrogen (secondary N) is 2. The maximum Gasteiger partial charge on any atom is 0.341 e. The Morgan fingerprint density at radius 1 is 1.29 bits per heavy atom. The fourth-order valence-electron chi connectivity index (χ4n) is 3.69. The molecule has 0 radical (unpaired) electrons. The third kappa shape index (κ3) is 5.68. The lowest BCUT2D eigenvalue weighted by molar-refractivity contribution is -0.116. The molecule has 2 atom stereocenters. The summed E-state index contributed by atoms with van der Waals surface area (Å²) in [6.07, 6.45) is 3.40. The number of amides is 2. The Hall–Kier alpha value is -2.32. The summed E-state index contributed by atoms with van der Waals surface area (Å²) >= 11 is 2.93. The molecule has 31 heavy (non-hydrogen) atoms. The summed E-state index contributed by atoms with van der Waals surface area (Å²) in [6.45, 7) is 5.62.